The molecule has 0 aliphatic carbocycles. The van der Waals surface area contributed by atoms with Gasteiger partial charge in [0.05, 0.1) is 17.4 Å². The Hall–Kier alpha value is -1.88. The van der Waals surface area contributed by atoms with E-state index in [2.05, 4.69) is 41.0 Å². The van der Waals surface area contributed by atoms with Gasteiger partial charge in [-0.05, 0) is 49.9 Å². The first-order valence-corrected chi connectivity index (χ1v) is 6.53. The van der Waals surface area contributed by atoms with Gasteiger partial charge in [-0.3, -0.25) is 10.2 Å². The number of nitrogens with one attached hydrogen (secondary N) is 1. The third-order valence-corrected chi connectivity index (χ3v) is 3.45. The van der Waals surface area contributed by atoms with Crippen molar-refractivity contribution in [2.45, 2.75) is 39.7 Å². The van der Waals surface area contributed by atoms with Gasteiger partial charge in [-0.1, -0.05) is 0 Å². The maximum absolute atomic E-state index is 11.0. The zero-order valence-electron chi connectivity index (χ0n) is 11.4. The molecule has 0 aliphatic heterocycles. The molecule has 1 amide bonds. The third kappa shape index (κ3) is 3.12. The van der Waals surface area contributed by atoms with Crippen molar-refractivity contribution in [2.24, 2.45) is 5.84 Å². The summed E-state index contributed by atoms with van der Waals surface area (Å²) >= 11 is 0. The summed E-state index contributed by atoms with van der Waals surface area (Å²) < 4.78 is 2.14. The van der Waals surface area contributed by atoms with E-state index < -0.39 is 0 Å². The highest BCUT2D eigenvalue weighted by Crippen LogP contribution is 2.18. The number of imidazole rings is 1. The van der Waals surface area contributed by atoms with Gasteiger partial charge < -0.3 is 4.57 Å². The number of unbranched alkanes of at least 4 members (excludes halogenated alkanes) is 1. The van der Waals surface area contributed by atoms with E-state index in [9.17, 15) is 4.79 Å². The molecule has 0 spiro atoms. The summed E-state index contributed by atoms with van der Waals surface area (Å²) in [5.41, 5.74) is 6.87. The molecule has 1 heterocycles. The number of rotatable bonds is 5. The number of hydrogen-bond donors (Lipinski definition) is 2. The fourth-order valence-corrected chi connectivity index (χ4v) is 2.13. The van der Waals surface area contributed by atoms with Gasteiger partial charge in [-0.25, -0.2) is 10.8 Å². The molecule has 3 N–H and O–H groups in total. The Balaban J connectivity index is 2.01. The summed E-state index contributed by atoms with van der Waals surface area (Å²) in [5.74, 6) is 4.93. The molecule has 19 heavy (non-hydrogen) atoms. The van der Waals surface area contributed by atoms with Crippen LogP contribution >= 0.6 is 0 Å². The Morgan fingerprint density at radius 1 is 1.32 bits per heavy atom. The molecule has 0 atom stereocenters. The maximum Gasteiger partial charge on any atom is 0.233 e. The van der Waals surface area contributed by atoms with Crippen LogP contribution in [0.5, 0.6) is 0 Å². The van der Waals surface area contributed by atoms with E-state index in [1.807, 2.05) is 6.33 Å². The molecule has 0 bridgehead atoms. The van der Waals surface area contributed by atoms with Crippen LogP contribution in [0.15, 0.2) is 18.5 Å². The number of carbonyl (C=O) groups is 1. The number of fused-ring (bicyclic) bond motifs is 1. The van der Waals surface area contributed by atoms with E-state index in [-0.39, 0.29) is 5.91 Å². The van der Waals surface area contributed by atoms with E-state index in [4.69, 9.17) is 5.84 Å². The smallest absolute Gasteiger partial charge is 0.233 e. The van der Waals surface area contributed by atoms with Gasteiger partial charge in [0.15, 0.2) is 0 Å². The molecular formula is C14H20N4O. The lowest BCUT2D eigenvalue weighted by Crippen LogP contribution is -2.29. The largest absolute Gasteiger partial charge is 0.331 e. The van der Waals surface area contributed by atoms with Gasteiger partial charge >= 0.3 is 0 Å². The van der Waals surface area contributed by atoms with Crippen LogP contribution in [0.1, 0.15) is 30.4 Å². The van der Waals surface area contributed by atoms with Crippen LogP contribution in [0.25, 0.3) is 11.0 Å². The van der Waals surface area contributed by atoms with Crippen LogP contribution < -0.4 is 11.3 Å². The van der Waals surface area contributed by atoms with Crippen LogP contribution in [0.2, 0.25) is 0 Å². The van der Waals surface area contributed by atoms with Crippen molar-refractivity contribution in [3.8, 4) is 0 Å². The van der Waals surface area contributed by atoms with Crippen molar-refractivity contribution in [2.75, 3.05) is 0 Å². The molecule has 0 saturated carbocycles. The predicted octanol–water partition coefficient (Wildman–Crippen LogP) is 1.81. The Bertz CT molecular complexity index is 588. The first-order chi connectivity index (χ1) is 9.11. The van der Waals surface area contributed by atoms with Crippen LogP contribution in [0.4, 0.5) is 0 Å². The van der Waals surface area contributed by atoms with Crippen molar-refractivity contribution in [3.63, 3.8) is 0 Å². The molecule has 0 fully saturated rings. The number of aromatic nitrogens is 2. The van der Waals surface area contributed by atoms with Crippen LogP contribution in [0.3, 0.4) is 0 Å². The second kappa shape index (κ2) is 5.84. The lowest BCUT2D eigenvalue weighted by atomic mass is 10.1. The summed E-state index contributed by atoms with van der Waals surface area (Å²) in [6.45, 7) is 5.08. The average molecular weight is 260 g/mol. The van der Waals surface area contributed by atoms with E-state index in [1.54, 1.807) is 0 Å². The molecule has 1 aromatic carbocycles. The first-order valence-electron chi connectivity index (χ1n) is 6.53. The Morgan fingerprint density at radius 2 is 2.05 bits per heavy atom. The van der Waals surface area contributed by atoms with E-state index in [1.165, 1.54) is 11.1 Å². The molecule has 0 radical (unpaired) electrons. The normalized spacial score (nSPS) is 10.9. The number of nitrogens with zero attached hydrogens (tertiary/aromatic N) is 2. The molecule has 0 saturated heterocycles. The molecular weight excluding hydrogens is 240 g/mol. The summed E-state index contributed by atoms with van der Waals surface area (Å²) in [7, 11) is 0. The van der Waals surface area contributed by atoms with E-state index in [0.717, 1.165) is 30.4 Å². The molecule has 102 valence electrons. The lowest BCUT2D eigenvalue weighted by molar-refractivity contribution is -0.121. The zero-order valence-corrected chi connectivity index (χ0v) is 11.4. The SMILES string of the molecule is Cc1cc2ncn(CCCCC(=O)NN)c2cc1C. The van der Waals surface area contributed by atoms with Gasteiger partial charge in [-0.2, -0.15) is 0 Å². The van der Waals surface area contributed by atoms with Gasteiger partial charge in [0.1, 0.15) is 0 Å². The minimum Gasteiger partial charge on any atom is -0.331 e. The van der Waals surface area contributed by atoms with Gasteiger partial charge in [-0.15, -0.1) is 0 Å². The van der Waals surface area contributed by atoms with Crippen LogP contribution in [-0.2, 0) is 11.3 Å². The number of hydrogen-bond acceptors (Lipinski definition) is 3. The molecule has 5 nitrogen and oxygen atoms in total. The van der Waals surface area contributed by atoms with Crippen molar-refractivity contribution in [3.05, 3.63) is 29.6 Å². The molecule has 0 aliphatic rings. The summed E-state index contributed by atoms with van der Waals surface area (Å²) in [4.78, 5) is 15.4. The fourth-order valence-electron chi connectivity index (χ4n) is 2.13. The predicted molar refractivity (Wildman–Crippen MR) is 75.4 cm³/mol. The van der Waals surface area contributed by atoms with Crippen molar-refractivity contribution < 1.29 is 4.79 Å². The van der Waals surface area contributed by atoms with Crippen molar-refractivity contribution in [1.82, 2.24) is 15.0 Å². The average Bonchev–Trinajstić information content (AvgIpc) is 2.77. The van der Waals surface area contributed by atoms with Crippen LogP contribution in [-0.4, -0.2) is 15.5 Å². The molecule has 5 heteroatoms. The van der Waals surface area contributed by atoms with E-state index in [0.29, 0.717) is 6.42 Å². The second-order valence-electron chi connectivity index (χ2n) is 4.89. The van der Waals surface area contributed by atoms with Crippen molar-refractivity contribution >= 4 is 16.9 Å². The number of amides is 1. The van der Waals surface area contributed by atoms with Gasteiger partial charge in [0.25, 0.3) is 0 Å². The fraction of sp³-hybridized carbons (Fsp3) is 0.429. The minimum absolute atomic E-state index is 0.109. The zero-order chi connectivity index (χ0) is 13.8. The lowest BCUT2D eigenvalue weighted by Gasteiger charge is -2.06. The Morgan fingerprint density at radius 3 is 2.79 bits per heavy atom. The summed E-state index contributed by atoms with van der Waals surface area (Å²) in [5, 5.41) is 0. The number of benzene rings is 1. The number of nitrogens with two attached hydrogens (primary N) is 1. The summed E-state index contributed by atoms with van der Waals surface area (Å²) in [6, 6.07) is 4.29. The molecule has 0 unspecified atom stereocenters. The quantitative estimate of drug-likeness (QED) is 0.373. The highest BCUT2D eigenvalue weighted by atomic mass is 16.2. The topological polar surface area (TPSA) is 72.9 Å². The van der Waals surface area contributed by atoms with E-state index >= 15 is 0 Å². The number of aryl methyl sites for hydroxylation is 3. The maximum atomic E-state index is 11.0. The van der Waals surface area contributed by atoms with Gasteiger partial charge in [0, 0.05) is 13.0 Å². The standard InChI is InChI=1S/C14H20N4O/c1-10-7-12-13(8-11(10)2)18(9-16-12)6-4-3-5-14(19)17-15/h7-9H,3-6,15H2,1-2H3,(H,17,19). The monoisotopic (exact) mass is 260 g/mol. The Labute approximate surface area is 112 Å². The number of hydrazine groups is 1. The van der Waals surface area contributed by atoms with Gasteiger partial charge in [0.2, 0.25) is 5.91 Å². The highest BCUT2D eigenvalue weighted by Gasteiger charge is 2.05. The number of carbonyl (C=O) groups excluding carboxylic acids is 1. The highest BCUT2D eigenvalue weighted by molar-refractivity contribution is 5.77. The third-order valence-electron chi connectivity index (χ3n) is 3.45. The summed E-state index contributed by atoms with van der Waals surface area (Å²) in [6.07, 6.45) is 4.10. The minimum atomic E-state index is -0.109. The molecule has 1 aromatic heterocycles. The Kier molecular flexibility index (Phi) is 4.16. The van der Waals surface area contributed by atoms with Crippen LogP contribution in [0, 0.1) is 13.8 Å². The molecule has 2 rings (SSSR count). The second-order valence-corrected chi connectivity index (χ2v) is 4.89. The molecule has 2 aromatic rings. The van der Waals surface area contributed by atoms with Crippen molar-refractivity contribution in [1.29, 1.82) is 0 Å². The first kappa shape index (κ1) is 13.5.